The SMILES string of the molecule is O=[N+]([O-])c1ccc(/C=C2\COc3ccccc3[C@@H]2O)cc1. The molecule has 0 aliphatic carbocycles. The van der Waals surface area contributed by atoms with Crippen molar-refractivity contribution in [2.24, 2.45) is 0 Å². The van der Waals surface area contributed by atoms with Gasteiger partial charge in [0.05, 0.1) is 4.92 Å². The van der Waals surface area contributed by atoms with E-state index in [2.05, 4.69) is 0 Å². The second-order valence-electron chi connectivity index (χ2n) is 4.80. The van der Waals surface area contributed by atoms with Crippen LogP contribution in [-0.2, 0) is 0 Å². The molecule has 0 saturated heterocycles. The number of ether oxygens (including phenoxy) is 1. The average Bonchev–Trinajstić information content (AvgIpc) is 2.51. The van der Waals surface area contributed by atoms with Crippen molar-refractivity contribution in [2.75, 3.05) is 6.61 Å². The number of benzene rings is 2. The predicted octanol–water partition coefficient (Wildman–Crippen LogP) is 3.10. The van der Waals surface area contributed by atoms with Gasteiger partial charge in [0.2, 0.25) is 0 Å². The Morgan fingerprint density at radius 2 is 1.90 bits per heavy atom. The molecule has 5 nitrogen and oxygen atoms in total. The molecule has 0 unspecified atom stereocenters. The Morgan fingerprint density at radius 3 is 2.62 bits per heavy atom. The van der Waals surface area contributed by atoms with E-state index in [4.69, 9.17) is 4.74 Å². The first-order chi connectivity index (χ1) is 10.1. The second kappa shape index (κ2) is 5.38. The van der Waals surface area contributed by atoms with Crippen molar-refractivity contribution in [1.29, 1.82) is 0 Å². The van der Waals surface area contributed by atoms with Gasteiger partial charge in [0, 0.05) is 23.3 Å². The number of nitro benzene ring substituents is 1. The van der Waals surface area contributed by atoms with Crippen LogP contribution in [0, 0.1) is 10.1 Å². The fraction of sp³-hybridized carbons (Fsp3) is 0.125. The van der Waals surface area contributed by atoms with Crippen molar-refractivity contribution >= 4 is 11.8 Å². The molecule has 1 heterocycles. The van der Waals surface area contributed by atoms with Gasteiger partial charge in [0.1, 0.15) is 18.5 Å². The summed E-state index contributed by atoms with van der Waals surface area (Å²) in [6.07, 6.45) is 1.08. The molecule has 3 rings (SSSR count). The fourth-order valence-electron chi connectivity index (χ4n) is 2.30. The van der Waals surface area contributed by atoms with Gasteiger partial charge in [-0.05, 0) is 29.8 Å². The summed E-state index contributed by atoms with van der Waals surface area (Å²) in [6.45, 7) is 0.301. The van der Waals surface area contributed by atoms with Gasteiger partial charge in [-0.3, -0.25) is 10.1 Å². The standard InChI is InChI=1S/C16H13NO4/c18-16-12(10-21-15-4-2-1-3-14(15)16)9-11-5-7-13(8-6-11)17(19)20/h1-9,16,18H,10H2/b12-9+/t16-/m1/s1. The minimum Gasteiger partial charge on any atom is -0.489 e. The summed E-state index contributed by atoms with van der Waals surface area (Å²) < 4.78 is 5.60. The zero-order chi connectivity index (χ0) is 14.8. The first-order valence-electron chi connectivity index (χ1n) is 6.50. The third kappa shape index (κ3) is 2.64. The maximum atomic E-state index is 10.6. The van der Waals surface area contributed by atoms with Gasteiger partial charge >= 0.3 is 0 Å². The molecule has 1 aliphatic rings. The summed E-state index contributed by atoms with van der Waals surface area (Å²) in [7, 11) is 0. The molecule has 0 radical (unpaired) electrons. The number of hydrogen-bond acceptors (Lipinski definition) is 4. The Balaban J connectivity index is 1.89. The van der Waals surface area contributed by atoms with Crippen LogP contribution in [-0.4, -0.2) is 16.6 Å². The quantitative estimate of drug-likeness (QED) is 0.679. The minimum atomic E-state index is -0.717. The molecule has 0 saturated carbocycles. The topological polar surface area (TPSA) is 72.6 Å². The number of para-hydroxylation sites is 1. The molecule has 2 aromatic rings. The molecule has 1 atom stereocenters. The van der Waals surface area contributed by atoms with E-state index in [0.29, 0.717) is 12.4 Å². The maximum absolute atomic E-state index is 10.6. The van der Waals surface area contributed by atoms with Crippen molar-refractivity contribution in [3.8, 4) is 5.75 Å². The number of aliphatic hydroxyl groups excluding tert-OH is 1. The zero-order valence-corrected chi connectivity index (χ0v) is 11.1. The van der Waals surface area contributed by atoms with E-state index in [-0.39, 0.29) is 5.69 Å². The lowest BCUT2D eigenvalue weighted by atomic mass is 9.97. The van der Waals surface area contributed by atoms with Crippen LogP contribution in [0.5, 0.6) is 5.75 Å². The fourth-order valence-corrected chi connectivity index (χ4v) is 2.30. The first-order valence-corrected chi connectivity index (χ1v) is 6.50. The van der Waals surface area contributed by atoms with Crippen LogP contribution in [0.25, 0.3) is 6.08 Å². The smallest absolute Gasteiger partial charge is 0.269 e. The van der Waals surface area contributed by atoms with Gasteiger partial charge in [0.15, 0.2) is 0 Å². The van der Waals surface area contributed by atoms with E-state index in [0.717, 1.165) is 16.7 Å². The highest BCUT2D eigenvalue weighted by molar-refractivity contribution is 5.58. The highest BCUT2D eigenvalue weighted by atomic mass is 16.6. The summed E-state index contributed by atoms with van der Waals surface area (Å²) in [5.74, 6) is 0.686. The Bertz CT molecular complexity index is 706. The van der Waals surface area contributed by atoms with Crippen LogP contribution in [0.3, 0.4) is 0 Å². The third-order valence-corrected chi connectivity index (χ3v) is 3.42. The Morgan fingerprint density at radius 1 is 1.19 bits per heavy atom. The predicted molar refractivity (Wildman–Crippen MR) is 78.0 cm³/mol. The van der Waals surface area contributed by atoms with Crippen molar-refractivity contribution in [3.05, 3.63) is 75.3 Å². The number of non-ortho nitro benzene ring substituents is 1. The number of nitrogens with zero attached hydrogens (tertiary/aromatic N) is 1. The van der Waals surface area contributed by atoms with Gasteiger partial charge in [-0.2, -0.15) is 0 Å². The summed E-state index contributed by atoms with van der Waals surface area (Å²) in [5, 5.41) is 21.0. The number of aliphatic hydroxyl groups is 1. The van der Waals surface area contributed by atoms with E-state index in [1.165, 1.54) is 12.1 Å². The second-order valence-corrected chi connectivity index (χ2v) is 4.80. The molecule has 2 aromatic carbocycles. The van der Waals surface area contributed by atoms with Gasteiger partial charge in [-0.1, -0.05) is 18.2 Å². The molecule has 0 aromatic heterocycles. The molecule has 5 heteroatoms. The van der Waals surface area contributed by atoms with E-state index < -0.39 is 11.0 Å². The lowest BCUT2D eigenvalue weighted by Crippen LogP contribution is -2.17. The molecule has 106 valence electrons. The van der Waals surface area contributed by atoms with E-state index in [9.17, 15) is 15.2 Å². The molecule has 0 amide bonds. The normalized spacial score (nSPS) is 18.9. The summed E-state index contributed by atoms with van der Waals surface area (Å²) in [5.41, 5.74) is 2.29. The molecule has 1 aliphatic heterocycles. The molecule has 0 bridgehead atoms. The van der Waals surface area contributed by atoms with Crippen molar-refractivity contribution in [2.45, 2.75) is 6.10 Å². The Labute approximate surface area is 121 Å². The van der Waals surface area contributed by atoms with Gasteiger partial charge in [0.25, 0.3) is 5.69 Å². The van der Waals surface area contributed by atoms with Gasteiger partial charge < -0.3 is 9.84 Å². The van der Waals surface area contributed by atoms with Gasteiger partial charge in [-0.15, -0.1) is 0 Å². The summed E-state index contributed by atoms with van der Waals surface area (Å²) in [4.78, 5) is 10.2. The number of nitro groups is 1. The molecule has 0 spiro atoms. The third-order valence-electron chi connectivity index (χ3n) is 3.42. The number of fused-ring (bicyclic) bond motifs is 1. The molecule has 0 fully saturated rings. The average molecular weight is 283 g/mol. The largest absolute Gasteiger partial charge is 0.489 e. The lowest BCUT2D eigenvalue weighted by molar-refractivity contribution is -0.384. The van der Waals surface area contributed by atoms with Crippen molar-refractivity contribution in [3.63, 3.8) is 0 Å². The van der Waals surface area contributed by atoms with Crippen LogP contribution in [0.15, 0.2) is 54.1 Å². The lowest BCUT2D eigenvalue weighted by Gasteiger charge is -2.25. The Kier molecular flexibility index (Phi) is 3.41. The van der Waals surface area contributed by atoms with Gasteiger partial charge in [-0.25, -0.2) is 0 Å². The van der Waals surface area contributed by atoms with E-state index in [1.807, 2.05) is 24.3 Å². The van der Waals surface area contributed by atoms with E-state index in [1.54, 1.807) is 18.2 Å². The highest BCUT2D eigenvalue weighted by Gasteiger charge is 2.23. The Hall–Kier alpha value is -2.66. The number of hydrogen-bond donors (Lipinski definition) is 1. The maximum Gasteiger partial charge on any atom is 0.269 e. The summed E-state index contributed by atoms with van der Waals surface area (Å²) in [6, 6.07) is 13.5. The van der Waals surface area contributed by atoms with Crippen LogP contribution < -0.4 is 4.74 Å². The highest BCUT2D eigenvalue weighted by Crippen LogP contribution is 2.35. The minimum absolute atomic E-state index is 0.0444. The monoisotopic (exact) mass is 283 g/mol. The van der Waals surface area contributed by atoms with Crippen molar-refractivity contribution in [1.82, 2.24) is 0 Å². The molecular formula is C16H13NO4. The van der Waals surface area contributed by atoms with Crippen molar-refractivity contribution < 1.29 is 14.8 Å². The summed E-state index contributed by atoms with van der Waals surface area (Å²) >= 11 is 0. The van der Waals surface area contributed by atoms with Crippen LogP contribution in [0.4, 0.5) is 5.69 Å². The number of rotatable bonds is 2. The first kappa shape index (κ1) is 13.3. The molecule has 1 N–H and O–H groups in total. The van der Waals surface area contributed by atoms with Crippen LogP contribution >= 0.6 is 0 Å². The zero-order valence-electron chi connectivity index (χ0n) is 11.1. The van der Waals surface area contributed by atoms with E-state index >= 15 is 0 Å². The molecular weight excluding hydrogens is 270 g/mol. The van der Waals surface area contributed by atoms with Crippen LogP contribution in [0.2, 0.25) is 0 Å². The van der Waals surface area contributed by atoms with Crippen LogP contribution in [0.1, 0.15) is 17.2 Å². The molecule has 21 heavy (non-hydrogen) atoms.